The second-order valence-corrected chi connectivity index (χ2v) is 4.73. The number of anilines is 2. The van der Waals surface area contributed by atoms with Crippen LogP contribution in [-0.4, -0.2) is 4.98 Å². The van der Waals surface area contributed by atoms with Gasteiger partial charge in [0.05, 0.1) is 16.9 Å². The minimum absolute atomic E-state index is 0.106. The maximum absolute atomic E-state index is 11.2. The first kappa shape index (κ1) is 12.3. The van der Waals surface area contributed by atoms with E-state index in [9.17, 15) is 4.79 Å². The van der Waals surface area contributed by atoms with E-state index in [-0.39, 0.29) is 6.04 Å². The Morgan fingerprint density at radius 3 is 2.75 bits per heavy atom. The minimum Gasteiger partial charge on any atom is -0.408 e. The molecule has 1 unspecified atom stereocenters. The number of rotatable bonds is 3. The molecule has 0 aliphatic carbocycles. The van der Waals surface area contributed by atoms with E-state index in [0.29, 0.717) is 16.8 Å². The molecule has 0 spiro atoms. The average Bonchev–Trinajstić information content (AvgIpc) is 2.79. The Bertz CT molecular complexity index is 790. The van der Waals surface area contributed by atoms with Crippen molar-refractivity contribution in [2.24, 2.45) is 0 Å². The topological polar surface area (TPSA) is 84.0 Å². The SMILES string of the molecule is CC(Nc1cc2[nH]c(=O)oc2cc1N)c1ccccc1. The number of benzene rings is 2. The third-order valence-corrected chi connectivity index (χ3v) is 3.26. The summed E-state index contributed by atoms with van der Waals surface area (Å²) in [5.74, 6) is -0.479. The summed E-state index contributed by atoms with van der Waals surface area (Å²) in [5.41, 5.74) is 9.55. The highest BCUT2D eigenvalue weighted by molar-refractivity contribution is 5.85. The van der Waals surface area contributed by atoms with E-state index >= 15 is 0 Å². The molecule has 1 atom stereocenters. The second-order valence-electron chi connectivity index (χ2n) is 4.73. The minimum atomic E-state index is -0.479. The summed E-state index contributed by atoms with van der Waals surface area (Å²) in [7, 11) is 0. The molecule has 3 rings (SSSR count). The van der Waals surface area contributed by atoms with Crippen molar-refractivity contribution < 1.29 is 4.42 Å². The Morgan fingerprint density at radius 1 is 1.25 bits per heavy atom. The van der Waals surface area contributed by atoms with Crippen molar-refractivity contribution >= 4 is 22.5 Å². The van der Waals surface area contributed by atoms with Crippen LogP contribution in [0.15, 0.2) is 51.7 Å². The Balaban J connectivity index is 1.94. The summed E-state index contributed by atoms with van der Waals surface area (Å²) in [4.78, 5) is 13.8. The van der Waals surface area contributed by atoms with Gasteiger partial charge in [-0.25, -0.2) is 4.79 Å². The molecule has 102 valence electrons. The lowest BCUT2D eigenvalue weighted by atomic mass is 10.1. The number of aromatic amines is 1. The third-order valence-electron chi connectivity index (χ3n) is 3.26. The predicted molar refractivity (Wildman–Crippen MR) is 79.7 cm³/mol. The molecule has 0 amide bonds. The van der Waals surface area contributed by atoms with Crippen LogP contribution in [0.4, 0.5) is 11.4 Å². The highest BCUT2D eigenvalue weighted by Crippen LogP contribution is 2.28. The van der Waals surface area contributed by atoms with Gasteiger partial charge in [0.25, 0.3) is 0 Å². The molecule has 20 heavy (non-hydrogen) atoms. The van der Waals surface area contributed by atoms with E-state index < -0.39 is 5.76 Å². The molecule has 5 nitrogen and oxygen atoms in total. The molecule has 5 heteroatoms. The number of nitrogens with two attached hydrogens (primary N) is 1. The van der Waals surface area contributed by atoms with Gasteiger partial charge < -0.3 is 15.5 Å². The zero-order chi connectivity index (χ0) is 14.1. The molecule has 0 fully saturated rings. The van der Waals surface area contributed by atoms with E-state index in [4.69, 9.17) is 10.2 Å². The molecule has 0 aliphatic rings. The van der Waals surface area contributed by atoms with Crippen LogP contribution in [0.25, 0.3) is 11.1 Å². The maximum Gasteiger partial charge on any atom is 0.417 e. The lowest BCUT2D eigenvalue weighted by Crippen LogP contribution is -2.08. The van der Waals surface area contributed by atoms with Crippen molar-refractivity contribution in [2.75, 3.05) is 11.1 Å². The highest BCUT2D eigenvalue weighted by Gasteiger charge is 2.10. The Kier molecular flexibility index (Phi) is 2.95. The van der Waals surface area contributed by atoms with Gasteiger partial charge in [-0.3, -0.25) is 4.98 Å². The van der Waals surface area contributed by atoms with E-state index in [0.717, 1.165) is 11.3 Å². The average molecular weight is 269 g/mol. The smallest absolute Gasteiger partial charge is 0.408 e. The van der Waals surface area contributed by atoms with Gasteiger partial charge in [-0.2, -0.15) is 0 Å². The van der Waals surface area contributed by atoms with Crippen LogP contribution in [0, 0.1) is 0 Å². The van der Waals surface area contributed by atoms with Crippen LogP contribution in [0.5, 0.6) is 0 Å². The fraction of sp³-hybridized carbons (Fsp3) is 0.133. The summed E-state index contributed by atoms with van der Waals surface area (Å²) in [5, 5.41) is 3.34. The van der Waals surface area contributed by atoms with Crippen molar-refractivity contribution in [3.63, 3.8) is 0 Å². The van der Waals surface area contributed by atoms with Crippen molar-refractivity contribution in [3.05, 3.63) is 58.6 Å². The summed E-state index contributed by atoms with van der Waals surface area (Å²) < 4.78 is 4.97. The maximum atomic E-state index is 11.2. The summed E-state index contributed by atoms with van der Waals surface area (Å²) in [6.45, 7) is 2.05. The quantitative estimate of drug-likeness (QED) is 0.638. The molecule has 0 bridgehead atoms. The molecule has 1 aromatic heterocycles. The van der Waals surface area contributed by atoms with E-state index in [1.165, 1.54) is 0 Å². The molecular weight excluding hydrogens is 254 g/mol. The van der Waals surface area contributed by atoms with Crippen molar-refractivity contribution in [1.82, 2.24) is 4.98 Å². The number of aromatic nitrogens is 1. The number of nitrogens with one attached hydrogen (secondary N) is 2. The number of oxazole rings is 1. The van der Waals surface area contributed by atoms with Gasteiger partial charge in [-0.05, 0) is 18.6 Å². The molecule has 0 saturated heterocycles. The highest BCUT2D eigenvalue weighted by atomic mass is 16.4. The normalized spacial score (nSPS) is 12.4. The van der Waals surface area contributed by atoms with Gasteiger partial charge in [-0.1, -0.05) is 30.3 Å². The Morgan fingerprint density at radius 2 is 2.00 bits per heavy atom. The fourth-order valence-corrected chi connectivity index (χ4v) is 2.20. The first-order valence-corrected chi connectivity index (χ1v) is 6.37. The van der Waals surface area contributed by atoms with Crippen LogP contribution in [0.1, 0.15) is 18.5 Å². The van der Waals surface area contributed by atoms with E-state index in [2.05, 4.69) is 17.2 Å². The van der Waals surface area contributed by atoms with Gasteiger partial charge in [-0.15, -0.1) is 0 Å². The Labute approximate surface area is 115 Å². The predicted octanol–water partition coefficient (Wildman–Crippen LogP) is 2.88. The van der Waals surface area contributed by atoms with Crippen LogP contribution in [-0.2, 0) is 0 Å². The number of fused-ring (bicyclic) bond motifs is 1. The molecule has 0 saturated carbocycles. The molecule has 0 radical (unpaired) electrons. The number of hydrogen-bond acceptors (Lipinski definition) is 4. The molecular formula is C15H15N3O2. The van der Waals surface area contributed by atoms with Crippen LogP contribution in [0.2, 0.25) is 0 Å². The van der Waals surface area contributed by atoms with Crippen LogP contribution < -0.4 is 16.8 Å². The number of hydrogen-bond donors (Lipinski definition) is 3. The summed E-state index contributed by atoms with van der Waals surface area (Å²) >= 11 is 0. The molecule has 4 N–H and O–H groups in total. The van der Waals surface area contributed by atoms with Gasteiger partial charge >= 0.3 is 5.76 Å². The number of H-pyrrole nitrogens is 1. The lowest BCUT2D eigenvalue weighted by molar-refractivity contribution is 0.555. The first-order valence-electron chi connectivity index (χ1n) is 6.37. The largest absolute Gasteiger partial charge is 0.417 e. The molecule has 2 aromatic carbocycles. The second kappa shape index (κ2) is 4.77. The summed E-state index contributed by atoms with van der Waals surface area (Å²) in [6, 6.07) is 13.6. The van der Waals surface area contributed by atoms with E-state index in [1.807, 2.05) is 30.3 Å². The van der Waals surface area contributed by atoms with Gasteiger partial charge in [0.15, 0.2) is 5.58 Å². The fourth-order valence-electron chi connectivity index (χ4n) is 2.20. The molecule has 0 aliphatic heterocycles. The van der Waals surface area contributed by atoms with Gasteiger partial charge in [0, 0.05) is 12.1 Å². The third kappa shape index (κ3) is 2.25. The zero-order valence-corrected chi connectivity index (χ0v) is 11.0. The lowest BCUT2D eigenvalue weighted by Gasteiger charge is -2.17. The monoisotopic (exact) mass is 269 g/mol. The summed E-state index contributed by atoms with van der Waals surface area (Å²) in [6.07, 6.45) is 0. The molecule has 3 aromatic rings. The zero-order valence-electron chi connectivity index (χ0n) is 11.0. The van der Waals surface area contributed by atoms with Crippen molar-refractivity contribution in [1.29, 1.82) is 0 Å². The first-order chi connectivity index (χ1) is 9.63. The van der Waals surface area contributed by atoms with Crippen molar-refractivity contribution in [3.8, 4) is 0 Å². The Hall–Kier alpha value is -2.69. The van der Waals surface area contributed by atoms with E-state index in [1.54, 1.807) is 12.1 Å². The molecule has 1 heterocycles. The van der Waals surface area contributed by atoms with Crippen molar-refractivity contribution in [2.45, 2.75) is 13.0 Å². The van der Waals surface area contributed by atoms with Crippen LogP contribution >= 0.6 is 0 Å². The van der Waals surface area contributed by atoms with Gasteiger partial charge in [0.1, 0.15) is 0 Å². The standard InChI is InChI=1S/C15H15N3O2/c1-9(10-5-3-2-4-6-10)17-12-8-13-14(7-11(12)16)20-15(19)18-13/h2-9,17H,16H2,1H3,(H,18,19). The number of nitrogen functional groups attached to an aromatic ring is 1. The van der Waals surface area contributed by atoms with Crippen LogP contribution in [0.3, 0.4) is 0 Å². The van der Waals surface area contributed by atoms with Gasteiger partial charge in [0.2, 0.25) is 0 Å².